The molecule has 1 aromatic heterocycles. The van der Waals surface area contributed by atoms with Gasteiger partial charge in [0.15, 0.2) is 4.34 Å². The molecule has 9 heteroatoms. The van der Waals surface area contributed by atoms with Crippen molar-refractivity contribution in [2.24, 2.45) is 0 Å². The number of rotatable bonds is 9. The van der Waals surface area contributed by atoms with Gasteiger partial charge in [0, 0.05) is 18.7 Å². The molecule has 0 radical (unpaired) electrons. The van der Waals surface area contributed by atoms with Gasteiger partial charge in [-0.25, -0.2) is 4.39 Å². The van der Waals surface area contributed by atoms with Crippen molar-refractivity contribution in [1.82, 2.24) is 15.5 Å². The van der Waals surface area contributed by atoms with Gasteiger partial charge in [-0.05, 0) is 30.7 Å². The molecule has 0 aliphatic carbocycles. The molecule has 29 heavy (non-hydrogen) atoms. The van der Waals surface area contributed by atoms with Crippen LogP contribution in [0.25, 0.3) is 0 Å². The summed E-state index contributed by atoms with van der Waals surface area (Å²) in [5.41, 5.74) is 1.86. The molecule has 1 heterocycles. The van der Waals surface area contributed by atoms with Crippen LogP contribution < -0.4 is 15.4 Å². The highest BCUT2D eigenvalue weighted by atomic mass is 32.2. The minimum atomic E-state index is -0.317. The number of thioether (sulfide) groups is 1. The Morgan fingerprint density at radius 3 is 2.69 bits per heavy atom. The lowest BCUT2D eigenvalue weighted by Crippen LogP contribution is -2.30. The monoisotopic (exact) mass is 432 g/mol. The predicted molar refractivity (Wildman–Crippen MR) is 114 cm³/mol. The second-order valence-corrected chi connectivity index (χ2v) is 8.71. The standard InChI is InChI=1S/C20H21FN4O2S2/c1-13(18(26)22-12-15-5-3-4-6-17(15)27-2)28-20-25-24-19(29-20)23-11-14-7-9-16(21)10-8-14/h3-10,13H,11-12H2,1-2H3,(H,22,26)(H,23,24). The van der Waals surface area contributed by atoms with Gasteiger partial charge in [0.05, 0.1) is 12.4 Å². The zero-order valence-corrected chi connectivity index (χ0v) is 17.6. The van der Waals surface area contributed by atoms with E-state index >= 15 is 0 Å². The molecule has 0 saturated carbocycles. The quantitative estimate of drug-likeness (QED) is 0.496. The van der Waals surface area contributed by atoms with Gasteiger partial charge in [-0.15, -0.1) is 10.2 Å². The molecule has 1 atom stereocenters. The van der Waals surface area contributed by atoms with Crippen molar-refractivity contribution >= 4 is 34.1 Å². The van der Waals surface area contributed by atoms with Gasteiger partial charge in [-0.1, -0.05) is 53.4 Å². The summed E-state index contributed by atoms with van der Waals surface area (Å²) in [6.45, 7) is 2.75. The highest BCUT2D eigenvalue weighted by Gasteiger charge is 2.17. The maximum Gasteiger partial charge on any atom is 0.233 e. The molecule has 2 N–H and O–H groups in total. The van der Waals surface area contributed by atoms with Gasteiger partial charge in [-0.2, -0.15) is 0 Å². The van der Waals surface area contributed by atoms with Crippen molar-refractivity contribution in [3.05, 3.63) is 65.5 Å². The van der Waals surface area contributed by atoms with E-state index in [1.165, 1.54) is 35.2 Å². The number of para-hydroxylation sites is 1. The summed E-state index contributed by atoms with van der Waals surface area (Å²) in [7, 11) is 1.61. The summed E-state index contributed by atoms with van der Waals surface area (Å²) in [5, 5.41) is 14.6. The van der Waals surface area contributed by atoms with E-state index in [-0.39, 0.29) is 17.0 Å². The molecule has 0 spiro atoms. The first-order chi connectivity index (χ1) is 14.0. The minimum absolute atomic E-state index is 0.0862. The average Bonchev–Trinajstić information content (AvgIpc) is 3.19. The highest BCUT2D eigenvalue weighted by Crippen LogP contribution is 2.29. The Morgan fingerprint density at radius 2 is 1.93 bits per heavy atom. The molecule has 0 aliphatic rings. The van der Waals surface area contributed by atoms with Gasteiger partial charge >= 0.3 is 0 Å². The smallest absolute Gasteiger partial charge is 0.233 e. The van der Waals surface area contributed by atoms with E-state index in [9.17, 15) is 9.18 Å². The van der Waals surface area contributed by atoms with Crippen LogP contribution in [0.15, 0.2) is 52.9 Å². The topological polar surface area (TPSA) is 76.1 Å². The summed E-state index contributed by atoms with van der Waals surface area (Å²) >= 11 is 2.73. The van der Waals surface area contributed by atoms with Crippen LogP contribution in [-0.2, 0) is 17.9 Å². The van der Waals surface area contributed by atoms with Crippen LogP contribution in [0.3, 0.4) is 0 Å². The normalized spacial score (nSPS) is 11.7. The highest BCUT2D eigenvalue weighted by molar-refractivity contribution is 8.02. The number of nitrogens with zero attached hydrogens (tertiary/aromatic N) is 2. The molecule has 1 unspecified atom stereocenters. The number of ether oxygens (including phenoxy) is 1. The van der Waals surface area contributed by atoms with E-state index in [4.69, 9.17) is 4.74 Å². The van der Waals surface area contributed by atoms with Crippen LogP contribution in [-0.4, -0.2) is 28.5 Å². The fourth-order valence-electron chi connectivity index (χ4n) is 2.49. The lowest BCUT2D eigenvalue weighted by atomic mass is 10.2. The molecule has 1 amide bonds. The molecule has 152 valence electrons. The maximum atomic E-state index is 12.9. The van der Waals surface area contributed by atoms with Crippen molar-refractivity contribution in [1.29, 1.82) is 0 Å². The zero-order valence-electron chi connectivity index (χ0n) is 16.0. The minimum Gasteiger partial charge on any atom is -0.496 e. The molecule has 0 fully saturated rings. The first kappa shape index (κ1) is 21.1. The molecule has 0 bridgehead atoms. The van der Waals surface area contributed by atoms with Crippen LogP contribution in [0, 0.1) is 5.82 Å². The van der Waals surface area contributed by atoms with Crippen LogP contribution in [0.2, 0.25) is 0 Å². The number of carbonyl (C=O) groups excluding carboxylic acids is 1. The van der Waals surface area contributed by atoms with Crippen molar-refractivity contribution in [2.75, 3.05) is 12.4 Å². The average molecular weight is 433 g/mol. The first-order valence-electron chi connectivity index (χ1n) is 8.93. The Bertz CT molecular complexity index is 950. The van der Waals surface area contributed by atoms with Crippen LogP contribution in [0.5, 0.6) is 5.75 Å². The number of aromatic nitrogens is 2. The van der Waals surface area contributed by atoms with Crippen LogP contribution in [0.1, 0.15) is 18.1 Å². The Hall–Kier alpha value is -2.65. The zero-order chi connectivity index (χ0) is 20.6. The van der Waals surface area contributed by atoms with Crippen molar-refractivity contribution in [3.8, 4) is 5.75 Å². The number of halogens is 1. The molecular weight excluding hydrogens is 411 g/mol. The Kier molecular flexibility index (Phi) is 7.42. The number of hydrogen-bond acceptors (Lipinski definition) is 7. The fourth-order valence-corrected chi connectivity index (χ4v) is 4.40. The Labute approximate surface area is 176 Å². The summed E-state index contributed by atoms with van der Waals surface area (Å²) in [6.07, 6.45) is 0. The molecule has 6 nitrogen and oxygen atoms in total. The van der Waals surface area contributed by atoms with Crippen molar-refractivity contribution in [3.63, 3.8) is 0 Å². The number of hydrogen-bond donors (Lipinski definition) is 2. The Morgan fingerprint density at radius 1 is 1.17 bits per heavy atom. The van der Waals surface area contributed by atoms with E-state index in [1.54, 1.807) is 19.2 Å². The van der Waals surface area contributed by atoms with E-state index in [0.717, 1.165) is 16.9 Å². The van der Waals surface area contributed by atoms with Crippen LogP contribution >= 0.6 is 23.1 Å². The summed E-state index contributed by atoms with van der Waals surface area (Å²) in [6, 6.07) is 13.8. The second kappa shape index (κ2) is 10.2. The maximum absolute atomic E-state index is 12.9. The van der Waals surface area contributed by atoms with Crippen molar-refractivity contribution < 1.29 is 13.9 Å². The summed E-state index contributed by atoms with van der Waals surface area (Å²) in [5.74, 6) is 0.396. The number of methoxy groups -OCH3 is 1. The van der Waals surface area contributed by atoms with Crippen LogP contribution in [0.4, 0.5) is 9.52 Å². The third kappa shape index (κ3) is 6.16. The van der Waals surface area contributed by atoms with Crippen molar-refractivity contribution in [2.45, 2.75) is 29.6 Å². The first-order valence-corrected chi connectivity index (χ1v) is 10.6. The van der Waals surface area contributed by atoms with E-state index in [2.05, 4.69) is 20.8 Å². The molecular formula is C20H21FN4O2S2. The molecule has 2 aromatic carbocycles. The second-order valence-electron chi connectivity index (χ2n) is 6.14. The third-order valence-electron chi connectivity index (χ3n) is 4.06. The summed E-state index contributed by atoms with van der Waals surface area (Å²) < 4.78 is 18.9. The Balaban J connectivity index is 1.48. The lowest BCUT2D eigenvalue weighted by Gasteiger charge is -2.12. The lowest BCUT2D eigenvalue weighted by molar-refractivity contribution is -0.120. The number of nitrogens with one attached hydrogen (secondary N) is 2. The van der Waals surface area contributed by atoms with Gasteiger partial charge < -0.3 is 15.4 Å². The third-order valence-corrected chi connectivity index (χ3v) is 6.12. The molecule has 3 rings (SSSR count). The van der Waals surface area contributed by atoms with Gasteiger partial charge in [-0.3, -0.25) is 4.79 Å². The van der Waals surface area contributed by atoms with E-state index in [0.29, 0.717) is 22.6 Å². The largest absolute Gasteiger partial charge is 0.496 e. The number of amides is 1. The van der Waals surface area contributed by atoms with Gasteiger partial charge in [0.2, 0.25) is 11.0 Å². The molecule has 3 aromatic rings. The number of anilines is 1. The predicted octanol–water partition coefficient (Wildman–Crippen LogP) is 4.09. The molecule has 0 aliphatic heterocycles. The molecule has 0 saturated heterocycles. The summed E-state index contributed by atoms with van der Waals surface area (Å²) in [4.78, 5) is 12.4. The SMILES string of the molecule is COc1ccccc1CNC(=O)C(C)Sc1nnc(NCc2ccc(F)cc2)s1. The van der Waals surface area contributed by atoms with Gasteiger partial charge in [0.1, 0.15) is 11.6 Å². The van der Waals surface area contributed by atoms with Gasteiger partial charge in [0.25, 0.3) is 0 Å². The number of carbonyl (C=O) groups is 1. The van der Waals surface area contributed by atoms with E-state index < -0.39 is 0 Å². The number of benzene rings is 2. The fraction of sp³-hybridized carbons (Fsp3) is 0.250. The van der Waals surface area contributed by atoms with E-state index in [1.807, 2.05) is 31.2 Å².